The van der Waals surface area contributed by atoms with E-state index in [4.69, 9.17) is 10.5 Å². The molecule has 0 atom stereocenters. The highest BCUT2D eigenvalue weighted by molar-refractivity contribution is 9.10. The van der Waals surface area contributed by atoms with Gasteiger partial charge in [0.25, 0.3) is 0 Å². The summed E-state index contributed by atoms with van der Waals surface area (Å²) in [6, 6.07) is 12.9. The lowest BCUT2D eigenvalue weighted by Gasteiger charge is -2.10. The number of anilines is 1. The van der Waals surface area contributed by atoms with Crippen LogP contribution in [-0.2, 0) is 6.54 Å². The Morgan fingerprint density at radius 3 is 2.55 bits per heavy atom. The molecule has 2 aromatic carbocycles. The Hall–Kier alpha value is -2.01. The summed E-state index contributed by atoms with van der Waals surface area (Å²) in [5, 5.41) is 3.31. The van der Waals surface area contributed by atoms with E-state index >= 15 is 0 Å². The summed E-state index contributed by atoms with van der Waals surface area (Å²) in [6.45, 7) is 0.644. The predicted molar refractivity (Wildman–Crippen MR) is 83.0 cm³/mol. The van der Waals surface area contributed by atoms with Gasteiger partial charge in [0.2, 0.25) is 5.91 Å². The van der Waals surface area contributed by atoms with Crippen LogP contribution < -0.4 is 15.8 Å². The van der Waals surface area contributed by atoms with Gasteiger partial charge in [0.05, 0.1) is 12.8 Å². The van der Waals surface area contributed by atoms with Crippen LogP contribution in [0, 0.1) is 0 Å². The van der Waals surface area contributed by atoms with Gasteiger partial charge < -0.3 is 15.8 Å². The number of benzene rings is 2. The third kappa shape index (κ3) is 3.51. The quantitative estimate of drug-likeness (QED) is 0.882. The highest BCUT2D eigenvalue weighted by Gasteiger charge is 2.03. The highest BCUT2D eigenvalue weighted by atomic mass is 79.9. The van der Waals surface area contributed by atoms with Crippen LogP contribution >= 0.6 is 15.9 Å². The molecule has 0 aliphatic carbocycles. The lowest BCUT2D eigenvalue weighted by molar-refractivity contribution is 0.100. The van der Waals surface area contributed by atoms with Gasteiger partial charge in [-0.25, -0.2) is 0 Å². The van der Waals surface area contributed by atoms with Crippen molar-refractivity contribution in [3.63, 3.8) is 0 Å². The van der Waals surface area contributed by atoms with Crippen molar-refractivity contribution in [3.05, 3.63) is 58.1 Å². The van der Waals surface area contributed by atoms with Crippen molar-refractivity contribution in [2.75, 3.05) is 12.4 Å². The first-order valence-corrected chi connectivity index (χ1v) is 6.85. The van der Waals surface area contributed by atoms with Gasteiger partial charge in [-0.2, -0.15) is 0 Å². The smallest absolute Gasteiger partial charge is 0.248 e. The van der Waals surface area contributed by atoms with E-state index < -0.39 is 5.91 Å². The molecule has 0 unspecified atom stereocenters. The fraction of sp³-hybridized carbons (Fsp3) is 0.133. The molecule has 0 radical (unpaired) electrons. The number of hydrogen-bond acceptors (Lipinski definition) is 3. The molecule has 0 saturated carbocycles. The van der Waals surface area contributed by atoms with E-state index in [9.17, 15) is 4.79 Å². The number of nitrogens with two attached hydrogens (primary N) is 1. The summed E-state index contributed by atoms with van der Waals surface area (Å²) in [5.41, 5.74) is 7.72. The molecule has 2 aromatic rings. The molecule has 0 aromatic heterocycles. The molecule has 20 heavy (non-hydrogen) atoms. The second-order valence-corrected chi connectivity index (χ2v) is 5.11. The molecule has 1 amide bonds. The molecule has 0 bridgehead atoms. The monoisotopic (exact) mass is 334 g/mol. The lowest BCUT2D eigenvalue weighted by atomic mass is 10.1. The normalized spacial score (nSPS) is 10.1. The molecule has 0 aliphatic rings. The molecule has 4 nitrogen and oxygen atoms in total. The molecule has 0 fully saturated rings. The van der Waals surface area contributed by atoms with Crippen LogP contribution in [0.1, 0.15) is 15.9 Å². The number of carbonyl (C=O) groups is 1. The fourth-order valence-corrected chi connectivity index (χ4v) is 2.14. The van der Waals surface area contributed by atoms with Crippen LogP contribution in [0.5, 0.6) is 5.75 Å². The summed E-state index contributed by atoms with van der Waals surface area (Å²) < 4.78 is 6.16. The van der Waals surface area contributed by atoms with Gasteiger partial charge in [0.15, 0.2) is 0 Å². The van der Waals surface area contributed by atoms with Crippen LogP contribution in [0.25, 0.3) is 0 Å². The number of nitrogens with one attached hydrogen (secondary N) is 1. The van der Waals surface area contributed by atoms with Gasteiger partial charge in [0.1, 0.15) is 5.75 Å². The third-order valence-corrected chi connectivity index (χ3v) is 3.59. The number of rotatable bonds is 5. The maximum atomic E-state index is 11.0. The van der Waals surface area contributed by atoms with E-state index in [-0.39, 0.29) is 0 Å². The van der Waals surface area contributed by atoms with Crippen LogP contribution in [0.2, 0.25) is 0 Å². The molecular formula is C15H15BrN2O2. The van der Waals surface area contributed by atoms with E-state index in [1.165, 1.54) is 0 Å². The van der Waals surface area contributed by atoms with Gasteiger partial charge in [-0.3, -0.25) is 4.79 Å². The predicted octanol–water partition coefficient (Wildman–Crippen LogP) is 3.17. The Labute approximate surface area is 126 Å². The molecule has 0 spiro atoms. The van der Waals surface area contributed by atoms with Crippen LogP contribution in [0.4, 0.5) is 5.69 Å². The van der Waals surface area contributed by atoms with E-state index in [0.29, 0.717) is 12.1 Å². The van der Waals surface area contributed by atoms with E-state index in [2.05, 4.69) is 21.2 Å². The minimum Gasteiger partial charge on any atom is -0.497 e. The number of primary amides is 1. The largest absolute Gasteiger partial charge is 0.497 e. The number of amides is 1. The van der Waals surface area contributed by atoms with Crippen molar-refractivity contribution in [3.8, 4) is 5.75 Å². The van der Waals surface area contributed by atoms with E-state index in [0.717, 1.165) is 21.5 Å². The summed E-state index contributed by atoms with van der Waals surface area (Å²) in [5.74, 6) is 0.375. The molecule has 0 saturated heterocycles. The van der Waals surface area contributed by atoms with Gasteiger partial charge in [-0.05, 0) is 45.8 Å². The van der Waals surface area contributed by atoms with Crippen molar-refractivity contribution in [2.24, 2.45) is 5.73 Å². The van der Waals surface area contributed by atoms with Gasteiger partial charge in [-0.15, -0.1) is 0 Å². The Bertz CT molecular complexity index is 612. The average molecular weight is 335 g/mol. The first-order chi connectivity index (χ1) is 9.60. The standard InChI is InChI=1S/C15H15BrN2O2/c1-20-12-6-7-13(16)14(8-12)18-9-10-2-4-11(5-3-10)15(17)19/h2-8,18H,9H2,1H3,(H2,17,19). The molecule has 0 heterocycles. The van der Waals surface area contributed by atoms with Gasteiger partial charge >= 0.3 is 0 Å². The topological polar surface area (TPSA) is 64.3 Å². The Morgan fingerprint density at radius 1 is 1.25 bits per heavy atom. The number of ether oxygens (including phenoxy) is 1. The Kier molecular flexibility index (Phi) is 4.63. The molecular weight excluding hydrogens is 320 g/mol. The SMILES string of the molecule is COc1ccc(Br)c(NCc2ccc(C(N)=O)cc2)c1. The van der Waals surface area contributed by atoms with Gasteiger partial charge in [-0.1, -0.05) is 12.1 Å². The number of hydrogen-bond donors (Lipinski definition) is 2. The Balaban J connectivity index is 2.06. The second kappa shape index (κ2) is 6.43. The van der Waals surface area contributed by atoms with E-state index in [1.54, 1.807) is 19.2 Å². The summed E-state index contributed by atoms with van der Waals surface area (Å²) in [6.07, 6.45) is 0. The number of methoxy groups -OCH3 is 1. The van der Waals surface area contributed by atoms with Crippen molar-refractivity contribution in [1.29, 1.82) is 0 Å². The lowest BCUT2D eigenvalue weighted by Crippen LogP contribution is -2.10. The molecule has 5 heteroatoms. The number of carbonyl (C=O) groups excluding carboxylic acids is 1. The van der Waals surface area contributed by atoms with Crippen LogP contribution in [-0.4, -0.2) is 13.0 Å². The zero-order chi connectivity index (χ0) is 14.5. The first-order valence-electron chi connectivity index (χ1n) is 6.06. The maximum absolute atomic E-state index is 11.0. The second-order valence-electron chi connectivity index (χ2n) is 4.26. The summed E-state index contributed by atoms with van der Waals surface area (Å²) >= 11 is 3.48. The van der Waals surface area contributed by atoms with E-state index in [1.807, 2.05) is 30.3 Å². The molecule has 0 aliphatic heterocycles. The highest BCUT2D eigenvalue weighted by Crippen LogP contribution is 2.27. The van der Waals surface area contributed by atoms with Crippen molar-refractivity contribution in [2.45, 2.75) is 6.54 Å². The minimum atomic E-state index is -0.417. The molecule has 104 valence electrons. The zero-order valence-corrected chi connectivity index (χ0v) is 12.6. The third-order valence-electron chi connectivity index (χ3n) is 2.89. The zero-order valence-electron chi connectivity index (χ0n) is 11.0. The van der Waals surface area contributed by atoms with Crippen LogP contribution in [0.3, 0.4) is 0 Å². The van der Waals surface area contributed by atoms with Crippen LogP contribution in [0.15, 0.2) is 46.9 Å². The van der Waals surface area contributed by atoms with Crippen molar-refractivity contribution >= 4 is 27.5 Å². The molecule has 2 rings (SSSR count). The molecule has 3 N–H and O–H groups in total. The summed E-state index contributed by atoms with van der Waals surface area (Å²) in [4.78, 5) is 11.0. The average Bonchev–Trinajstić information content (AvgIpc) is 2.47. The summed E-state index contributed by atoms with van der Waals surface area (Å²) in [7, 11) is 1.63. The maximum Gasteiger partial charge on any atom is 0.248 e. The Morgan fingerprint density at radius 2 is 1.95 bits per heavy atom. The first kappa shape index (κ1) is 14.4. The minimum absolute atomic E-state index is 0.417. The van der Waals surface area contributed by atoms with Gasteiger partial charge in [0, 0.05) is 22.6 Å². The van der Waals surface area contributed by atoms with Crippen molar-refractivity contribution < 1.29 is 9.53 Å². The van der Waals surface area contributed by atoms with Crippen molar-refractivity contribution in [1.82, 2.24) is 0 Å². The fourth-order valence-electron chi connectivity index (χ4n) is 1.75. The number of halogens is 1.